The lowest BCUT2D eigenvalue weighted by molar-refractivity contribution is 0.619. The Morgan fingerprint density at radius 3 is 3.00 bits per heavy atom. The molecule has 0 aliphatic rings. The summed E-state index contributed by atoms with van der Waals surface area (Å²) in [6.07, 6.45) is 3.20. The molecule has 0 aliphatic heterocycles. The lowest BCUT2D eigenvalue weighted by Gasteiger charge is -2.10. The van der Waals surface area contributed by atoms with E-state index in [1.165, 1.54) is 12.4 Å². The predicted molar refractivity (Wildman–Crippen MR) is 68.7 cm³/mol. The number of hydrogen-bond acceptors (Lipinski definition) is 4. The Kier molecular flexibility index (Phi) is 3.76. The van der Waals surface area contributed by atoms with Crippen LogP contribution < -0.4 is 11.1 Å². The first kappa shape index (κ1) is 12.3. The zero-order chi connectivity index (χ0) is 13.0. The number of aryl methyl sites for hydroxylation is 2. The maximum absolute atomic E-state index is 13.2. The summed E-state index contributed by atoms with van der Waals surface area (Å²) in [5, 5.41) is 9.77. The van der Waals surface area contributed by atoms with Crippen LogP contribution in [0, 0.1) is 12.7 Å². The van der Waals surface area contributed by atoms with Gasteiger partial charge in [-0.25, -0.2) is 9.37 Å². The van der Waals surface area contributed by atoms with Crippen LogP contribution >= 0.6 is 0 Å². The quantitative estimate of drug-likeness (QED) is 0.558. The number of aromatic nitrogens is 3. The minimum atomic E-state index is -0.278. The number of rotatable bonds is 5. The van der Waals surface area contributed by atoms with E-state index in [9.17, 15) is 4.39 Å². The monoisotopic (exact) mass is 249 g/mol. The molecule has 0 fully saturated rings. The van der Waals surface area contributed by atoms with Crippen LogP contribution in [0.3, 0.4) is 0 Å². The van der Waals surface area contributed by atoms with Gasteiger partial charge in [-0.05, 0) is 31.0 Å². The van der Waals surface area contributed by atoms with Gasteiger partial charge in [-0.15, -0.1) is 0 Å². The van der Waals surface area contributed by atoms with Crippen LogP contribution in [0.1, 0.15) is 17.8 Å². The summed E-state index contributed by atoms with van der Waals surface area (Å²) in [5.74, 6) is 0.583. The first-order valence-electron chi connectivity index (χ1n) is 5.80. The SMILES string of the molecule is Cc1cc(NCCCc2ncn[nH]2)c(N)cc1F. The molecule has 2 aromatic rings. The lowest BCUT2D eigenvalue weighted by Crippen LogP contribution is -2.06. The van der Waals surface area contributed by atoms with Crippen molar-refractivity contribution in [1.82, 2.24) is 15.2 Å². The molecule has 0 radical (unpaired) electrons. The maximum Gasteiger partial charge on any atom is 0.137 e. The van der Waals surface area contributed by atoms with Crippen molar-refractivity contribution in [2.75, 3.05) is 17.6 Å². The molecule has 0 bridgehead atoms. The minimum absolute atomic E-state index is 0.278. The fourth-order valence-electron chi connectivity index (χ4n) is 1.68. The highest BCUT2D eigenvalue weighted by atomic mass is 19.1. The highest BCUT2D eigenvalue weighted by molar-refractivity contribution is 5.67. The van der Waals surface area contributed by atoms with Crippen LogP contribution in [0.2, 0.25) is 0 Å². The molecule has 96 valence electrons. The van der Waals surface area contributed by atoms with Crippen LogP contribution in [0.25, 0.3) is 0 Å². The summed E-state index contributed by atoms with van der Waals surface area (Å²) in [4.78, 5) is 4.04. The fraction of sp³-hybridized carbons (Fsp3) is 0.333. The van der Waals surface area contributed by atoms with Crippen molar-refractivity contribution in [1.29, 1.82) is 0 Å². The van der Waals surface area contributed by atoms with Gasteiger partial charge in [0.05, 0.1) is 11.4 Å². The molecule has 0 atom stereocenters. The molecule has 2 rings (SSSR count). The Morgan fingerprint density at radius 1 is 1.44 bits per heavy atom. The van der Waals surface area contributed by atoms with Gasteiger partial charge in [-0.3, -0.25) is 5.10 Å². The van der Waals surface area contributed by atoms with Crippen molar-refractivity contribution in [3.63, 3.8) is 0 Å². The third kappa shape index (κ3) is 2.97. The molecular weight excluding hydrogens is 233 g/mol. The van der Waals surface area contributed by atoms with Gasteiger partial charge in [-0.1, -0.05) is 0 Å². The largest absolute Gasteiger partial charge is 0.397 e. The van der Waals surface area contributed by atoms with Gasteiger partial charge < -0.3 is 11.1 Å². The number of nitrogens with two attached hydrogens (primary N) is 1. The minimum Gasteiger partial charge on any atom is -0.397 e. The van der Waals surface area contributed by atoms with Crippen LogP contribution in [0.5, 0.6) is 0 Å². The van der Waals surface area contributed by atoms with Crippen molar-refractivity contribution in [2.24, 2.45) is 0 Å². The van der Waals surface area contributed by atoms with Crippen molar-refractivity contribution in [2.45, 2.75) is 19.8 Å². The Labute approximate surface area is 105 Å². The molecule has 0 amide bonds. The Balaban J connectivity index is 1.85. The standard InChI is InChI=1S/C12H16FN5/c1-8-5-11(10(14)6-9(8)13)15-4-2-3-12-16-7-17-18-12/h5-7,15H,2-4,14H2,1H3,(H,16,17,18). The molecule has 5 nitrogen and oxygen atoms in total. The van der Waals surface area contributed by atoms with E-state index in [1.807, 2.05) is 0 Å². The van der Waals surface area contributed by atoms with Gasteiger partial charge in [0, 0.05) is 13.0 Å². The summed E-state index contributed by atoms with van der Waals surface area (Å²) < 4.78 is 13.2. The number of nitrogens with one attached hydrogen (secondary N) is 2. The van der Waals surface area contributed by atoms with Gasteiger partial charge in [0.15, 0.2) is 0 Å². The summed E-state index contributed by atoms with van der Waals surface area (Å²) in [6.45, 7) is 2.46. The van der Waals surface area contributed by atoms with E-state index in [0.29, 0.717) is 11.3 Å². The summed E-state index contributed by atoms with van der Waals surface area (Å²) >= 11 is 0. The van der Waals surface area contributed by atoms with E-state index in [2.05, 4.69) is 20.5 Å². The van der Waals surface area contributed by atoms with Gasteiger partial charge in [0.2, 0.25) is 0 Å². The van der Waals surface area contributed by atoms with E-state index in [-0.39, 0.29) is 5.82 Å². The average molecular weight is 249 g/mol. The smallest absolute Gasteiger partial charge is 0.137 e. The van der Waals surface area contributed by atoms with Crippen molar-refractivity contribution < 1.29 is 4.39 Å². The summed E-state index contributed by atoms with van der Waals surface area (Å²) in [5.41, 5.74) is 7.52. The third-order valence-corrected chi connectivity index (χ3v) is 2.70. The first-order valence-corrected chi connectivity index (χ1v) is 5.80. The lowest BCUT2D eigenvalue weighted by atomic mass is 10.1. The van der Waals surface area contributed by atoms with Crippen LogP contribution in [0.4, 0.5) is 15.8 Å². The Bertz CT molecular complexity index is 509. The van der Waals surface area contributed by atoms with Crippen LogP contribution in [-0.4, -0.2) is 21.7 Å². The van der Waals surface area contributed by atoms with Gasteiger partial charge in [0.25, 0.3) is 0 Å². The number of nitrogens with zero attached hydrogens (tertiary/aromatic N) is 2. The highest BCUT2D eigenvalue weighted by Crippen LogP contribution is 2.22. The second-order valence-electron chi connectivity index (χ2n) is 4.15. The molecule has 1 aromatic heterocycles. The molecule has 6 heteroatoms. The highest BCUT2D eigenvalue weighted by Gasteiger charge is 2.04. The van der Waals surface area contributed by atoms with Crippen molar-refractivity contribution >= 4 is 11.4 Å². The summed E-state index contributed by atoms with van der Waals surface area (Å²) in [7, 11) is 0. The topological polar surface area (TPSA) is 79.6 Å². The number of hydrogen-bond donors (Lipinski definition) is 3. The molecule has 1 aromatic carbocycles. The van der Waals surface area contributed by atoms with Crippen molar-refractivity contribution in [3.8, 4) is 0 Å². The molecule has 0 unspecified atom stereocenters. The zero-order valence-corrected chi connectivity index (χ0v) is 10.2. The number of anilines is 2. The first-order chi connectivity index (χ1) is 8.66. The van der Waals surface area contributed by atoms with E-state index in [1.54, 1.807) is 13.0 Å². The number of H-pyrrole nitrogens is 1. The summed E-state index contributed by atoms with van der Waals surface area (Å²) in [6, 6.07) is 3.06. The second-order valence-corrected chi connectivity index (χ2v) is 4.15. The fourth-order valence-corrected chi connectivity index (χ4v) is 1.68. The number of nitrogen functional groups attached to an aromatic ring is 1. The predicted octanol–water partition coefficient (Wildman–Crippen LogP) is 1.88. The molecule has 0 aliphatic carbocycles. The zero-order valence-electron chi connectivity index (χ0n) is 10.2. The number of aromatic amines is 1. The molecule has 1 heterocycles. The molecular formula is C12H16FN5. The van der Waals surface area contributed by atoms with E-state index < -0.39 is 0 Å². The molecule has 0 saturated heterocycles. The second kappa shape index (κ2) is 5.48. The molecule has 18 heavy (non-hydrogen) atoms. The number of benzene rings is 1. The average Bonchev–Trinajstić information content (AvgIpc) is 2.84. The molecule has 0 saturated carbocycles. The van der Waals surface area contributed by atoms with Gasteiger partial charge in [-0.2, -0.15) is 5.10 Å². The van der Waals surface area contributed by atoms with E-state index in [4.69, 9.17) is 5.73 Å². The van der Waals surface area contributed by atoms with Crippen LogP contribution in [-0.2, 0) is 6.42 Å². The Morgan fingerprint density at radius 2 is 2.28 bits per heavy atom. The van der Waals surface area contributed by atoms with Crippen molar-refractivity contribution in [3.05, 3.63) is 35.7 Å². The normalized spacial score (nSPS) is 10.6. The maximum atomic E-state index is 13.2. The van der Waals surface area contributed by atoms with Gasteiger partial charge >= 0.3 is 0 Å². The third-order valence-electron chi connectivity index (χ3n) is 2.70. The van der Waals surface area contributed by atoms with Gasteiger partial charge in [0.1, 0.15) is 18.0 Å². The molecule has 0 spiro atoms. The van der Waals surface area contributed by atoms with E-state index >= 15 is 0 Å². The molecule has 4 N–H and O–H groups in total. The Hall–Kier alpha value is -2.11. The van der Waals surface area contributed by atoms with E-state index in [0.717, 1.165) is 30.9 Å². The number of halogens is 1. The van der Waals surface area contributed by atoms with Crippen LogP contribution in [0.15, 0.2) is 18.5 Å².